The molecule has 2 heteroatoms. The van der Waals surface area contributed by atoms with E-state index in [4.69, 9.17) is 16.3 Å². The fraction of sp³-hybridized carbons (Fsp3) is 1.00. The quantitative estimate of drug-likeness (QED) is 0.514. The molecule has 1 fully saturated rings. The van der Waals surface area contributed by atoms with Gasteiger partial charge in [0, 0.05) is 12.5 Å². The molecule has 14 heavy (non-hydrogen) atoms. The summed E-state index contributed by atoms with van der Waals surface area (Å²) in [5, 5.41) is 0.368. The van der Waals surface area contributed by atoms with Crippen LogP contribution in [0, 0.1) is 5.92 Å². The summed E-state index contributed by atoms with van der Waals surface area (Å²) >= 11 is 6.39. The van der Waals surface area contributed by atoms with Crippen molar-refractivity contribution in [2.75, 3.05) is 7.11 Å². The van der Waals surface area contributed by atoms with Gasteiger partial charge in [-0.15, -0.1) is 11.6 Å². The van der Waals surface area contributed by atoms with E-state index in [1.54, 1.807) is 7.11 Å². The average Bonchev–Trinajstić information content (AvgIpc) is 2.32. The van der Waals surface area contributed by atoms with Crippen molar-refractivity contribution in [3.8, 4) is 0 Å². The van der Waals surface area contributed by atoms with E-state index in [1.165, 1.54) is 32.1 Å². The van der Waals surface area contributed by atoms with Crippen LogP contribution in [0.3, 0.4) is 0 Å². The van der Waals surface area contributed by atoms with Crippen molar-refractivity contribution in [3.63, 3.8) is 0 Å². The summed E-state index contributed by atoms with van der Waals surface area (Å²) in [5.74, 6) is 0.647. The third-order valence-electron chi connectivity index (χ3n) is 3.37. The summed E-state index contributed by atoms with van der Waals surface area (Å²) in [6, 6.07) is 0. The zero-order chi connectivity index (χ0) is 10.6. The lowest BCUT2D eigenvalue weighted by Gasteiger charge is -2.30. The first-order valence-corrected chi connectivity index (χ1v) is 6.18. The standard InChI is InChI=1S/C12H23ClO/c1-12(2,14-3)9-10-7-5-4-6-8-11(10)13/h10-11H,4-9H2,1-3H3. The zero-order valence-electron chi connectivity index (χ0n) is 9.68. The van der Waals surface area contributed by atoms with E-state index >= 15 is 0 Å². The monoisotopic (exact) mass is 218 g/mol. The van der Waals surface area contributed by atoms with Crippen molar-refractivity contribution in [2.45, 2.75) is 63.4 Å². The number of hydrogen-bond acceptors (Lipinski definition) is 1. The maximum absolute atomic E-state index is 6.39. The van der Waals surface area contributed by atoms with Crippen LogP contribution >= 0.6 is 11.6 Å². The van der Waals surface area contributed by atoms with Gasteiger partial charge in [0.25, 0.3) is 0 Å². The number of rotatable bonds is 3. The van der Waals surface area contributed by atoms with Crippen LogP contribution in [0.25, 0.3) is 0 Å². The minimum absolute atomic E-state index is 0.0118. The lowest BCUT2D eigenvalue weighted by Crippen LogP contribution is -2.29. The Morgan fingerprint density at radius 2 is 1.86 bits per heavy atom. The highest BCUT2D eigenvalue weighted by Gasteiger charge is 2.28. The molecule has 0 radical (unpaired) electrons. The Labute approximate surface area is 93.2 Å². The van der Waals surface area contributed by atoms with Crippen molar-refractivity contribution in [2.24, 2.45) is 5.92 Å². The summed E-state index contributed by atoms with van der Waals surface area (Å²) in [7, 11) is 1.79. The van der Waals surface area contributed by atoms with Gasteiger partial charge in [-0.3, -0.25) is 0 Å². The minimum atomic E-state index is -0.0118. The molecule has 0 amide bonds. The lowest BCUT2D eigenvalue weighted by molar-refractivity contribution is 0.000694. The number of halogens is 1. The molecule has 0 bridgehead atoms. The van der Waals surface area contributed by atoms with Crippen LogP contribution in [-0.4, -0.2) is 18.1 Å². The van der Waals surface area contributed by atoms with Crippen LogP contribution in [0.5, 0.6) is 0 Å². The molecule has 1 rings (SSSR count). The fourth-order valence-corrected chi connectivity index (χ4v) is 2.65. The highest BCUT2D eigenvalue weighted by molar-refractivity contribution is 6.20. The second-order valence-electron chi connectivity index (χ2n) is 5.08. The van der Waals surface area contributed by atoms with Gasteiger partial charge in [-0.2, -0.15) is 0 Å². The predicted octanol–water partition coefficient (Wildman–Crippen LogP) is 3.99. The van der Waals surface area contributed by atoms with Crippen LogP contribution in [0.1, 0.15) is 52.4 Å². The maximum atomic E-state index is 6.39. The highest BCUT2D eigenvalue weighted by Crippen LogP contribution is 2.34. The van der Waals surface area contributed by atoms with Gasteiger partial charge >= 0.3 is 0 Å². The number of methoxy groups -OCH3 is 1. The molecule has 0 spiro atoms. The molecule has 1 aliphatic carbocycles. The Morgan fingerprint density at radius 3 is 2.50 bits per heavy atom. The van der Waals surface area contributed by atoms with Crippen molar-refractivity contribution >= 4 is 11.6 Å². The SMILES string of the molecule is COC(C)(C)CC1CCCCCC1Cl. The van der Waals surface area contributed by atoms with Gasteiger partial charge in [0.1, 0.15) is 0 Å². The van der Waals surface area contributed by atoms with E-state index in [0.29, 0.717) is 11.3 Å². The Morgan fingerprint density at radius 1 is 1.21 bits per heavy atom. The maximum Gasteiger partial charge on any atom is 0.0625 e. The van der Waals surface area contributed by atoms with Crippen LogP contribution < -0.4 is 0 Å². The summed E-state index contributed by atoms with van der Waals surface area (Å²) < 4.78 is 5.47. The lowest BCUT2D eigenvalue weighted by atomic mass is 9.88. The van der Waals surface area contributed by atoms with Gasteiger partial charge in [-0.05, 0) is 39.0 Å². The summed E-state index contributed by atoms with van der Waals surface area (Å²) in [6.07, 6.45) is 7.56. The molecule has 0 N–H and O–H groups in total. The second-order valence-corrected chi connectivity index (χ2v) is 5.64. The van der Waals surface area contributed by atoms with Crippen LogP contribution in [0.4, 0.5) is 0 Å². The molecule has 84 valence electrons. The minimum Gasteiger partial charge on any atom is -0.379 e. The van der Waals surface area contributed by atoms with Crippen LogP contribution in [-0.2, 0) is 4.74 Å². The number of alkyl halides is 1. The van der Waals surface area contributed by atoms with E-state index < -0.39 is 0 Å². The Balaban J connectivity index is 2.48. The average molecular weight is 219 g/mol. The molecule has 0 aromatic rings. The zero-order valence-corrected chi connectivity index (χ0v) is 10.4. The number of ether oxygens (including phenoxy) is 1. The molecule has 0 aromatic heterocycles. The molecular formula is C12H23ClO. The molecule has 1 saturated carbocycles. The molecule has 0 heterocycles. The molecule has 0 saturated heterocycles. The molecule has 1 nitrogen and oxygen atoms in total. The molecule has 0 aromatic carbocycles. The normalized spacial score (nSPS) is 30.0. The van der Waals surface area contributed by atoms with E-state index in [2.05, 4.69) is 13.8 Å². The third-order valence-corrected chi connectivity index (χ3v) is 3.95. The summed E-state index contributed by atoms with van der Waals surface area (Å²) in [5.41, 5.74) is -0.0118. The van der Waals surface area contributed by atoms with Crippen LogP contribution in [0.15, 0.2) is 0 Å². The first-order chi connectivity index (χ1) is 6.55. The first-order valence-electron chi connectivity index (χ1n) is 5.74. The smallest absolute Gasteiger partial charge is 0.0625 e. The van der Waals surface area contributed by atoms with E-state index in [9.17, 15) is 0 Å². The third kappa shape index (κ3) is 3.78. The van der Waals surface area contributed by atoms with Crippen molar-refractivity contribution in [1.82, 2.24) is 0 Å². The predicted molar refractivity (Wildman–Crippen MR) is 61.9 cm³/mol. The molecule has 0 aliphatic heterocycles. The molecule has 2 atom stereocenters. The van der Waals surface area contributed by atoms with E-state index in [-0.39, 0.29) is 5.60 Å². The first kappa shape index (κ1) is 12.3. The highest BCUT2D eigenvalue weighted by atomic mass is 35.5. The topological polar surface area (TPSA) is 9.23 Å². The molecule has 2 unspecified atom stereocenters. The van der Waals surface area contributed by atoms with Crippen molar-refractivity contribution in [1.29, 1.82) is 0 Å². The largest absolute Gasteiger partial charge is 0.379 e. The second kappa shape index (κ2) is 5.37. The van der Waals surface area contributed by atoms with Gasteiger partial charge in [0.2, 0.25) is 0 Å². The van der Waals surface area contributed by atoms with Gasteiger partial charge in [0.05, 0.1) is 5.60 Å². The van der Waals surface area contributed by atoms with Crippen molar-refractivity contribution < 1.29 is 4.74 Å². The molecular weight excluding hydrogens is 196 g/mol. The van der Waals surface area contributed by atoms with Crippen molar-refractivity contribution in [3.05, 3.63) is 0 Å². The van der Waals surface area contributed by atoms with Gasteiger partial charge in [0.15, 0.2) is 0 Å². The summed E-state index contributed by atoms with van der Waals surface area (Å²) in [6.45, 7) is 4.31. The van der Waals surface area contributed by atoms with E-state index in [1.807, 2.05) is 0 Å². The van der Waals surface area contributed by atoms with Gasteiger partial charge in [-0.1, -0.05) is 19.3 Å². The summed E-state index contributed by atoms with van der Waals surface area (Å²) in [4.78, 5) is 0. The molecule has 1 aliphatic rings. The number of hydrogen-bond donors (Lipinski definition) is 0. The van der Waals surface area contributed by atoms with Crippen LogP contribution in [0.2, 0.25) is 0 Å². The Hall–Kier alpha value is 0.250. The van der Waals surface area contributed by atoms with E-state index in [0.717, 1.165) is 6.42 Å². The Kier molecular flexibility index (Phi) is 4.72. The van der Waals surface area contributed by atoms with Gasteiger partial charge in [-0.25, -0.2) is 0 Å². The van der Waals surface area contributed by atoms with Gasteiger partial charge < -0.3 is 4.74 Å². The fourth-order valence-electron chi connectivity index (χ4n) is 2.28. The Bertz CT molecular complexity index is 168.